The molecule has 0 spiro atoms. The zero-order valence-corrected chi connectivity index (χ0v) is 15.4. The number of aryl methyl sites for hydroxylation is 1. The number of carbonyl (C=O) groups excluding carboxylic acids is 1. The molecule has 7 nitrogen and oxygen atoms in total. The lowest BCUT2D eigenvalue weighted by Crippen LogP contribution is -2.39. The number of carbonyl (C=O) groups is 1. The predicted molar refractivity (Wildman–Crippen MR) is 93.2 cm³/mol. The molecule has 1 fully saturated rings. The van der Waals surface area contributed by atoms with Gasteiger partial charge < -0.3 is 5.32 Å². The molecule has 9 heteroatoms. The minimum absolute atomic E-state index is 0.00753. The van der Waals surface area contributed by atoms with Gasteiger partial charge in [0.2, 0.25) is 15.9 Å². The van der Waals surface area contributed by atoms with Crippen molar-refractivity contribution in [3.05, 3.63) is 29.8 Å². The molecule has 1 atom stereocenters. The maximum absolute atomic E-state index is 12.0. The lowest BCUT2D eigenvalue weighted by Gasteiger charge is -2.23. The zero-order chi connectivity index (χ0) is 18.0. The standard InChI is InChI=1S/C15H22N2O5S2/c1-12-4-3-5-14(10-12)17(23(2,19)20)8-6-15(18)16-13-7-9-24(21,22)11-13/h3-5,10,13H,6-9,11H2,1-2H3,(H,16,18). The summed E-state index contributed by atoms with van der Waals surface area (Å²) in [4.78, 5) is 12.0. The first-order valence-corrected chi connectivity index (χ1v) is 11.3. The van der Waals surface area contributed by atoms with Crippen molar-refractivity contribution >= 4 is 31.5 Å². The van der Waals surface area contributed by atoms with Gasteiger partial charge in [-0.05, 0) is 31.0 Å². The lowest BCUT2D eigenvalue weighted by molar-refractivity contribution is -0.121. The van der Waals surface area contributed by atoms with Crippen molar-refractivity contribution < 1.29 is 21.6 Å². The number of anilines is 1. The second-order valence-corrected chi connectivity index (χ2v) is 10.2. The molecule has 0 aliphatic carbocycles. The van der Waals surface area contributed by atoms with Crippen LogP contribution in [0.15, 0.2) is 24.3 Å². The van der Waals surface area contributed by atoms with Gasteiger partial charge in [-0.3, -0.25) is 9.10 Å². The van der Waals surface area contributed by atoms with Crippen molar-refractivity contribution in [3.8, 4) is 0 Å². The summed E-state index contributed by atoms with van der Waals surface area (Å²) in [5.41, 5.74) is 1.43. The van der Waals surface area contributed by atoms with Crippen molar-refractivity contribution in [2.24, 2.45) is 0 Å². The molecule has 1 aromatic rings. The minimum atomic E-state index is -3.52. The van der Waals surface area contributed by atoms with Crippen LogP contribution in [0.5, 0.6) is 0 Å². The minimum Gasteiger partial charge on any atom is -0.352 e. The molecular weight excluding hydrogens is 352 g/mol. The SMILES string of the molecule is Cc1cccc(N(CCC(=O)NC2CCS(=O)(=O)C2)S(C)(=O)=O)c1. The number of rotatable bonds is 6. The first kappa shape index (κ1) is 18.7. The van der Waals surface area contributed by atoms with Gasteiger partial charge in [0, 0.05) is 19.0 Å². The Hall–Kier alpha value is -1.61. The van der Waals surface area contributed by atoms with Gasteiger partial charge in [0.15, 0.2) is 9.84 Å². The molecule has 2 rings (SSSR count). The first-order chi connectivity index (χ1) is 11.1. The molecule has 0 saturated carbocycles. The summed E-state index contributed by atoms with van der Waals surface area (Å²) < 4.78 is 48.0. The summed E-state index contributed by atoms with van der Waals surface area (Å²) in [6, 6.07) is 6.65. The summed E-state index contributed by atoms with van der Waals surface area (Å²) in [6.45, 7) is 1.87. The number of nitrogens with one attached hydrogen (secondary N) is 1. The van der Waals surface area contributed by atoms with Crippen molar-refractivity contribution in [3.63, 3.8) is 0 Å². The molecule has 24 heavy (non-hydrogen) atoms. The van der Waals surface area contributed by atoms with Gasteiger partial charge in [-0.2, -0.15) is 0 Å². The second kappa shape index (κ2) is 7.10. The molecule has 1 heterocycles. The molecule has 1 unspecified atom stereocenters. The van der Waals surface area contributed by atoms with Gasteiger partial charge in [0.05, 0.1) is 23.4 Å². The van der Waals surface area contributed by atoms with Gasteiger partial charge in [-0.1, -0.05) is 12.1 Å². The van der Waals surface area contributed by atoms with Crippen LogP contribution in [-0.4, -0.2) is 53.1 Å². The molecule has 134 valence electrons. The molecule has 1 N–H and O–H groups in total. The summed E-state index contributed by atoms with van der Waals surface area (Å²) in [5.74, 6) is -0.318. The average Bonchev–Trinajstić information content (AvgIpc) is 2.76. The number of sulfone groups is 1. The van der Waals surface area contributed by atoms with Gasteiger partial charge in [0.1, 0.15) is 0 Å². The van der Waals surface area contributed by atoms with E-state index in [1.807, 2.05) is 13.0 Å². The molecule has 1 aromatic carbocycles. The van der Waals surface area contributed by atoms with Crippen LogP contribution in [0, 0.1) is 6.92 Å². The van der Waals surface area contributed by atoms with Crippen LogP contribution in [0.4, 0.5) is 5.69 Å². The lowest BCUT2D eigenvalue weighted by atomic mass is 10.2. The van der Waals surface area contributed by atoms with Crippen molar-refractivity contribution in [2.45, 2.75) is 25.8 Å². The van der Waals surface area contributed by atoms with Gasteiger partial charge in [-0.15, -0.1) is 0 Å². The van der Waals surface area contributed by atoms with E-state index in [1.165, 1.54) is 4.31 Å². The van der Waals surface area contributed by atoms with Crippen LogP contribution < -0.4 is 9.62 Å². The van der Waals surface area contributed by atoms with Gasteiger partial charge >= 0.3 is 0 Å². The molecule has 1 amide bonds. The quantitative estimate of drug-likeness (QED) is 0.779. The van der Waals surface area contributed by atoms with E-state index in [2.05, 4.69) is 5.32 Å². The van der Waals surface area contributed by atoms with Crippen LogP contribution >= 0.6 is 0 Å². The highest BCUT2D eigenvalue weighted by Crippen LogP contribution is 2.19. The monoisotopic (exact) mass is 374 g/mol. The molecule has 1 aliphatic rings. The highest BCUT2D eigenvalue weighted by Gasteiger charge is 2.29. The third-order valence-corrected chi connectivity index (χ3v) is 6.79. The molecular formula is C15H22N2O5S2. The van der Waals surface area contributed by atoms with E-state index in [-0.39, 0.29) is 36.4 Å². The number of nitrogens with zero attached hydrogens (tertiary/aromatic N) is 1. The summed E-state index contributed by atoms with van der Waals surface area (Å²) >= 11 is 0. The Labute approximate surface area is 143 Å². The van der Waals surface area contributed by atoms with Crippen molar-refractivity contribution in [1.29, 1.82) is 0 Å². The van der Waals surface area contributed by atoms with E-state index in [1.54, 1.807) is 18.2 Å². The Morgan fingerprint density at radius 2 is 2.08 bits per heavy atom. The Balaban J connectivity index is 2.00. The fraction of sp³-hybridized carbons (Fsp3) is 0.533. The molecule has 0 bridgehead atoms. The van der Waals surface area contributed by atoms with Crippen LogP contribution in [0.2, 0.25) is 0 Å². The van der Waals surface area contributed by atoms with E-state index in [9.17, 15) is 21.6 Å². The van der Waals surface area contributed by atoms with Gasteiger partial charge in [0.25, 0.3) is 0 Å². The maximum atomic E-state index is 12.0. The van der Waals surface area contributed by atoms with E-state index >= 15 is 0 Å². The maximum Gasteiger partial charge on any atom is 0.232 e. The topological polar surface area (TPSA) is 101 Å². The normalized spacial score (nSPS) is 19.8. The van der Waals surface area contributed by atoms with E-state index in [4.69, 9.17) is 0 Å². The smallest absolute Gasteiger partial charge is 0.232 e. The fourth-order valence-corrected chi connectivity index (χ4v) is 5.27. The fourth-order valence-electron chi connectivity index (χ4n) is 2.68. The van der Waals surface area contributed by atoms with E-state index in [0.29, 0.717) is 12.1 Å². The summed E-state index contributed by atoms with van der Waals surface area (Å²) in [5, 5.41) is 2.66. The van der Waals surface area contributed by atoms with Gasteiger partial charge in [-0.25, -0.2) is 16.8 Å². The number of benzene rings is 1. The summed E-state index contributed by atoms with van der Waals surface area (Å²) in [7, 11) is -6.58. The van der Waals surface area contributed by atoms with Crippen LogP contribution in [0.3, 0.4) is 0 Å². The Bertz CT molecular complexity index is 818. The predicted octanol–water partition coefficient (Wildman–Crippen LogP) is 0.454. The highest BCUT2D eigenvalue weighted by atomic mass is 32.2. The van der Waals surface area contributed by atoms with Crippen LogP contribution in [-0.2, 0) is 24.7 Å². The third-order valence-electron chi connectivity index (χ3n) is 3.83. The first-order valence-electron chi connectivity index (χ1n) is 7.61. The third kappa shape index (κ3) is 5.20. The number of sulfonamides is 1. The second-order valence-electron chi connectivity index (χ2n) is 6.09. The number of hydrogen-bond donors (Lipinski definition) is 1. The Kier molecular flexibility index (Phi) is 5.54. The van der Waals surface area contributed by atoms with Crippen LogP contribution in [0.1, 0.15) is 18.4 Å². The molecule has 1 aliphatic heterocycles. The molecule has 0 radical (unpaired) electrons. The van der Waals surface area contributed by atoms with E-state index < -0.39 is 19.9 Å². The Morgan fingerprint density at radius 1 is 1.38 bits per heavy atom. The van der Waals surface area contributed by atoms with Crippen molar-refractivity contribution in [2.75, 3.05) is 28.6 Å². The zero-order valence-electron chi connectivity index (χ0n) is 13.7. The molecule has 1 saturated heterocycles. The average molecular weight is 374 g/mol. The van der Waals surface area contributed by atoms with Crippen LogP contribution in [0.25, 0.3) is 0 Å². The number of amides is 1. The highest BCUT2D eigenvalue weighted by molar-refractivity contribution is 7.92. The van der Waals surface area contributed by atoms with E-state index in [0.717, 1.165) is 11.8 Å². The largest absolute Gasteiger partial charge is 0.352 e. The Morgan fingerprint density at radius 3 is 2.62 bits per heavy atom. The molecule has 0 aromatic heterocycles. The number of hydrogen-bond acceptors (Lipinski definition) is 5. The summed E-state index contributed by atoms with van der Waals surface area (Å²) in [6.07, 6.45) is 1.47. The van der Waals surface area contributed by atoms with Crippen molar-refractivity contribution in [1.82, 2.24) is 5.32 Å².